The zero-order valence-electron chi connectivity index (χ0n) is 10.5. The van der Waals surface area contributed by atoms with Crippen molar-refractivity contribution in [1.29, 1.82) is 0 Å². The quantitative estimate of drug-likeness (QED) is 0.779. The molecule has 1 aromatic carbocycles. The highest BCUT2D eigenvalue weighted by Crippen LogP contribution is 2.23. The second-order valence-corrected chi connectivity index (χ2v) is 4.93. The van der Waals surface area contributed by atoms with E-state index in [1.165, 1.54) is 17.7 Å². The number of hydrogen-bond donors (Lipinski definition) is 1. The Morgan fingerprint density at radius 2 is 1.81 bits per heavy atom. The van der Waals surface area contributed by atoms with Gasteiger partial charge >= 0.3 is 0 Å². The van der Waals surface area contributed by atoms with E-state index in [-0.39, 0.29) is 0 Å². The maximum atomic E-state index is 3.50. The normalized spacial score (nSPS) is 26.6. The summed E-state index contributed by atoms with van der Waals surface area (Å²) in [5.41, 5.74) is 2.69. The van der Waals surface area contributed by atoms with Gasteiger partial charge in [-0.15, -0.1) is 0 Å². The van der Waals surface area contributed by atoms with E-state index >= 15 is 0 Å². The smallest absolute Gasteiger partial charge is 0.0389 e. The van der Waals surface area contributed by atoms with Gasteiger partial charge in [-0.05, 0) is 45.9 Å². The van der Waals surface area contributed by atoms with Crippen molar-refractivity contribution in [3.05, 3.63) is 29.8 Å². The summed E-state index contributed by atoms with van der Waals surface area (Å²) >= 11 is 0. The lowest BCUT2D eigenvalue weighted by molar-refractivity contribution is 0.575. The number of aryl methyl sites for hydroxylation is 1. The van der Waals surface area contributed by atoms with E-state index in [9.17, 15) is 0 Å². The molecule has 1 N–H and O–H groups in total. The molecule has 0 aromatic heterocycles. The molecule has 1 aromatic rings. The predicted octanol–water partition coefficient (Wildman–Crippen LogP) is 2.57. The van der Waals surface area contributed by atoms with Crippen LogP contribution in [-0.2, 0) is 0 Å². The molecule has 88 valence electrons. The lowest BCUT2D eigenvalue weighted by Gasteiger charge is -2.34. The predicted molar refractivity (Wildman–Crippen MR) is 70.1 cm³/mol. The fourth-order valence-electron chi connectivity index (χ4n) is 2.52. The topological polar surface area (TPSA) is 15.3 Å². The number of rotatable bonds is 1. The Morgan fingerprint density at radius 3 is 2.50 bits per heavy atom. The molecule has 0 radical (unpaired) electrons. The zero-order valence-corrected chi connectivity index (χ0v) is 10.5. The van der Waals surface area contributed by atoms with Crippen LogP contribution in [0.2, 0.25) is 0 Å². The van der Waals surface area contributed by atoms with Gasteiger partial charge in [-0.1, -0.05) is 17.7 Å². The van der Waals surface area contributed by atoms with E-state index in [4.69, 9.17) is 0 Å². The van der Waals surface area contributed by atoms with Gasteiger partial charge in [0.25, 0.3) is 0 Å². The molecule has 1 heterocycles. The molecule has 0 bridgehead atoms. The van der Waals surface area contributed by atoms with Crippen molar-refractivity contribution < 1.29 is 0 Å². The number of nitrogens with zero attached hydrogens (tertiary/aromatic N) is 1. The molecule has 1 saturated heterocycles. The van der Waals surface area contributed by atoms with Gasteiger partial charge in [-0.3, -0.25) is 0 Å². The van der Waals surface area contributed by atoms with Crippen molar-refractivity contribution in [2.45, 2.75) is 39.3 Å². The van der Waals surface area contributed by atoms with Crippen LogP contribution in [0.15, 0.2) is 24.3 Å². The maximum Gasteiger partial charge on any atom is 0.0389 e. The maximum absolute atomic E-state index is 3.50. The Bertz CT molecular complexity index is 319. The molecule has 0 saturated carbocycles. The summed E-state index contributed by atoms with van der Waals surface area (Å²) in [4.78, 5) is 2.54. The van der Waals surface area contributed by atoms with Gasteiger partial charge in [0, 0.05) is 24.3 Å². The summed E-state index contributed by atoms with van der Waals surface area (Å²) in [7, 11) is 0. The first-order valence-electron chi connectivity index (χ1n) is 6.24. The van der Waals surface area contributed by atoms with Crippen LogP contribution in [0, 0.1) is 6.92 Å². The molecule has 2 rings (SSSR count). The monoisotopic (exact) mass is 218 g/mol. The summed E-state index contributed by atoms with van der Waals surface area (Å²) in [6.45, 7) is 8.98. The average Bonchev–Trinajstić information content (AvgIpc) is 2.42. The third kappa shape index (κ3) is 2.38. The van der Waals surface area contributed by atoms with Crippen molar-refractivity contribution >= 4 is 5.69 Å². The Kier molecular flexibility index (Phi) is 3.49. The van der Waals surface area contributed by atoms with E-state index in [0.717, 1.165) is 13.1 Å². The standard InChI is InChI=1S/C14H22N2/c1-11-4-6-14(7-5-11)16-12(2)8-9-15-10-13(16)3/h4-7,12-13,15H,8-10H2,1-3H3. The van der Waals surface area contributed by atoms with Crippen LogP contribution in [0.5, 0.6) is 0 Å². The highest BCUT2D eigenvalue weighted by molar-refractivity contribution is 5.49. The highest BCUT2D eigenvalue weighted by atomic mass is 15.2. The molecule has 2 atom stereocenters. The van der Waals surface area contributed by atoms with E-state index in [0.29, 0.717) is 12.1 Å². The molecule has 2 nitrogen and oxygen atoms in total. The molecule has 16 heavy (non-hydrogen) atoms. The lowest BCUT2D eigenvalue weighted by atomic mass is 10.1. The first kappa shape index (κ1) is 11.5. The van der Waals surface area contributed by atoms with E-state index in [2.05, 4.69) is 55.3 Å². The minimum Gasteiger partial charge on any atom is -0.365 e. The minimum absolute atomic E-state index is 0.570. The second-order valence-electron chi connectivity index (χ2n) is 4.93. The van der Waals surface area contributed by atoms with Crippen molar-refractivity contribution in [2.75, 3.05) is 18.0 Å². The van der Waals surface area contributed by atoms with Gasteiger partial charge in [-0.2, -0.15) is 0 Å². The molecule has 1 aliphatic rings. The number of hydrogen-bond acceptors (Lipinski definition) is 2. The molecule has 0 spiro atoms. The SMILES string of the molecule is Cc1ccc(N2C(C)CCNCC2C)cc1. The molecule has 1 fully saturated rings. The summed E-state index contributed by atoms with van der Waals surface area (Å²) in [5.74, 6) is 0. The Hall–Kier alpha value is -1.02. The van der Waals surface area contributed by atoms with Crippen LogP contribution in [0.4, 0.5) is 5.69 Å². The van der Waals surface area contributed by atoms with Crippen LogP contribution < -0.4 is 10.2 Å². The van der Waals surface area contributed by atoms with Gasteiger partial charge in [0.1, 0.15) is 0 Å². The van der Waals surface area contributed by atoms with Gasteiger partial charge in [0.05, 0.1) is 0 Å². The fourth-order valence-corrected chi connectivity index (χ4v) is 2.52. The number of benzene rings is 1. The Morgan fingerprint density at radius 1 is 1.12 bits per heavy atom. The third-order valence-corrected chi connectivity index (χ3v) is 3.46. The Labute approximate surface area is 98.7 Å². The van der Waals surface area contributed by atoms with Gasteiger partial charge in [0.2, 0.25) is 0 Å². The molecular formula is C14H22N2. The summed E-state index contributed by atoms with van der Waals surface area (Å²) < 4.78 is 0. The molecule has 2 heteroatoms. The van der Waals surface area contributed by atoms with Gasteiger partial charge in [0.15, 0.2) is 0 Å². The molecule has 2 unspecified atom stereocenters. The van der Waals surface area contributed by atoms with Crippen molar-refractivity contribution in [2.24, 2.45) is 0 Å². The zero-order chi connectivity index (χ0) is 11.5. The van der Waals surface area contributed by atoms with Crippen molar-refractivity contribution in [1.82, 2.24) is 5.32 Å². The molecule has 1 aliphatic heterocycles. The average molecular weight is 218 g/mol. The lowest BCUT2D eigenvalue weighted by Crippen LogP contribution is -2.41. The first-order chi connectivity index (χ1) is 7.68. The fraction of sp³-hybridized carbons (Fsp3) is 0.571. The second kappa shape index (κ2) is 4.88. The van der Waals surface area contributed by atoms with Crippen molar-refractivity contribution in [3.63, 3.8) is 0 Å². The van der Waals surface area contributed by atoms with Crippen LogP contribution in [0.25, 0.3) is 0 Å². The summed E-state index contributed by atoms with van der Waals surface area (Å²) in [6, 6.07) is 10.1. The minimum atomic E-state index is 0.570. The molecular weight excluding hydrogens is 196 g/mol. The summed E-state index contributed by atoms with van der Waals surface area (Å²) in [5, 5.41) is 3.50. The highest BCUT2D eigenvalue weighted by Gasteiger charge is 2.22. The van der Waals surface area contributed by atoms with Crippen LogP contribution in [-0.4, -0.2) is 25.2 Å². The number of nitrogens with one attached hydrogen (secondary N) is 1. The van der Waals surface area contributed by atoms with Gasteiger partial charge in [-0.25, -0.2) is 0 Å². The third-order valence-electron chi connectivity index (χ3n) is 3.46. The van der Waals surface area contributed by atoms with E-state index in [1.54, 1.807) is 0 Å². The van der Waals surface area contributed by atoms with Crippen LogP contribution in [0.3, 0.4) is 0 Å². The Balaban J connectivity index is 2.24. The van der Waals surface area contributed by atoms with Gasteiger partial charge < -0.3 is 10.2 Å². The summed E-state index contributed by atoms with van der Waals surface area (Å²) in [6.07, 6.45) is 1.22. The van der Waals surface area contributed by atoms with Crippen LogP contribution >= 0.6 is 0 Å². The molecule has 0 amide bonds. The largest absolute Gasteiger partial charge is 0.365 e. The van der Waals surface area contributed by atoms with Crippen molar-refractivity contribution in [3.8, 4) is 0 Å². The molecule has 0 aliphatic carbocycles. The first-order valence-corrected chi connectivity index (χ1v) is 6.24. The van der Waals surface area contributed by atoms with Crippen LogP contribution in [0.1, 0.15) is 25.8 Å². The number of anilines is 1. The van der Waals surface area contributed by atoms with E-state index in [1.807, 2.05) is 0 Å². The van der Waals surface area contributed by atoms with E-state index < -0.39 is 0 Å².